The summed E-state index contributed by atoms with van der Waals surface area (Å²) in [6.07, 6.45) is 3.30. The lowest BCUT2D eigenvalue weighted by molar-refractivity contribution is -0.128. The molecule has 1 amide bonds. The number of carbonyl (C=O) groups excluding carboxylic acids is 1. The van der Waals surface area contributed by atoms with Gasteiger partial charge in [-0.1, -0.05) is 6.92 Å². The van der Waals surface area contributed by atoms with Crippen molar-refractivity contribution in [3.05, 3.63) is 0 Å². The lowest BCUT2D eigenvalue weighted by atomic mass is 9.92. The van der Waals surface area contributed by atoms with Crippen molar-refractivity contribution in [2.45, 2.75) is 43.7 Å². The van der Waals surface area contributed by atoms with E-state index >= 15 is 0 Å². The van der Waals surface area contributed by atoms with E-state index in [2.05, 4.69) is 10.6 Å². The molecule has 2 fully saturated rings. The number of nitrogens with one attached hydrogen (secondary N) is 2. The van der Waals surface area contributed by atoms with E-state index in [1.807, 2.05) is 6.92 Å². The monoisotopic (exact) mass is 242 g/mol. The largest absolute Gasteiger partial charge is 0.386 e. The zero-order chi connectivity index (χ0) is 12.4. The van der Waals surface area contributed by atoms with Gasteiger partial charge < -0.3 is 20.5 Å². The quantitative estimate of drug-likeness (QED) is 0.638. The van der Waals surface area contributed by atoms with E-state index in [1.54, 1.807) is 0 Å². The van der Waals surface area contributed by atoms with E-state index in [0.29, 0.717) is 19.6 Å². The van der Waals surface area contributed by atoms with Gasteiger partial charge in [0.1, 0.15) is 5.60 Å². The van der Waals surface area contributed by atoms with Crippen LogP contribution < -0.4 is 10.6 Å². The lowest BCUT2D eigenvalue weighted by Crippen LogP contribution is -2.56. The molecular formula is C12H22N2O3. The van der Waals surface area contributed by atoms with Gasteiger partial charge in [-0.15, -0.1) is 0 Å². The molecule has 0 bridgehead atoms. The molecule has 5 nitrogen and oxygen atoms in total. The molecule has 0 spiro atoms. The predicted molar refractivity (Wildman–Crippen MR) is 63.7 cm³/mol. The first-order valence-electron chi connectivity index (χ1n) is 6.44. The highest BCUT2D eigenvalue weighted by molar-refractivity contribution is 5.86. The number of rotatable bonds is 4. The number of carbonyl (C=O) groups is 1. The average molecular weight is 242 g/mol. The fourth-order valence-corrected chi connectivity index (χ4v) is 2.61. The minimum atomic E-state index is -0.872. The summed E-state index contributed by atoms with van der Waals surface area (Å²) < 4.78 is 5.15. The number of ether oxygens (including phenoxy) is 1. The third-order valence-corrected chi connectivity index (χ3v) is 3.94. The van der Waals surface area contributed by atoms with Crippen molar-refractivity contribution in [2.75, 3.05) is 26.3 Å². The zero-order valence-electron chi connectivity index (χ0n) is 10.4. The number of hydrogen-bond acceptors (Lipinski definition) is 4. The van der Waals surface area contributed by atoms with Crippen molar-refractivity contribution >= 4 is 5.91 Å². The zero-order valence-corrected chi connectivity index (χ0v) is 10.4. The van der Waals surface area contributed by atoms with Gasteiger partial charge in [0, 0.05) is 19.6 Å². The summed E-state index contributed by atoms with van der Waals surface area (Å²) in [7, 11) is 0. The Bertz CT molecular complexity index is 281. The van der Waals surface area contributed by atoms with Crippen LogP contribution in [0.1, 0.15) is 32.6 Å². The van der Waals surface area contributed by atoms with Crippen LogP contribution >= 0.6 is 0 Å². The van der Waals surface area contributed by atoms with Crippen molar-refractivity contribution in [3.8, 4) is 0 Å². The maximum absolute atomic E-state index is 12.2. The van der Waals surface area contributed by atoms with Crippen LogP contribution in [-0.2, 0) is 9.53 Å². The van der Waals surface area contributed by atoms with E-state index < -0.39 is 11.1 Å². The van der Waals surface area contributed by atoms with E-state index in [-0.39, 0.29) is 12.5 Å². The summed E-state index contributed by atoms with van der Waals surface area (Å²) in [4.78, 5) is 12.2. The van der Waals surface area contributed by atoms with Crippen LogP contribution in [0.5, 0.6) is 0 Å². The SMILES string of the molecule is CCC1(C(=O)NCC2(O)CCOC2)CCCN1. The second-order valence-corrected chi connectivity index (χ2v) is 5.18. The normalized spacial score (nSPS) is 37.3. The smallest absolute Gasteiger partial charge is 0.240 e. The molecule has 2 saturated heterocycles. The first-order chi connectivity index (χ1) is 8.10. The molecule has 0 aliphatic carbocycles. The number of hydrogen-bond donors (Lipinski definition) is 3. The van der Waals surface area contributed by atoms with Crippen LogP contribution in [-0.4, -0.2) is 48.5 Å². The summed E-state index contributed by atoms with van der Waals surface area (Å²) in [5.74, 6) is 0.0119. The molecule has 2 rings (SSSR count). The standard InChI is InChI=1S/C12H22N2O3/c1-2-12(4-3-6-14-12)10(15)13-8-11(16)5-7-17-9-11/h14,16H,2-9H2,1H3,(H,13,15). The summed E-state index contributed by atoms with van der Waals surface area (Å²) in [6.45, 7) is 4.10. The van der Waals surface area contributed by atoms with Gasteiger partial charge in [0.05, 0.1) is 12.1 Å². The molecule has 2 atom stereocenters. The molecule has 17 heavy (non-hydrogen) atoms. The first kappa shape index (κ1) is 12.8. The molecule has 0 aromatic rings. The van der Waals surface area contributed by atoms with Gasteiger partial charge in [-0.05, 0) is 25.8 Å². The van der Waals surface area contributed by atoms with Gasteiger partial charge in [-0.3, -0.25) is 4.79 Å². The lowest BCUT2D eigenvalue weighted by Gasteiger charge is -2.29. The minimum Gasteiger partial charge on any atom is -0.386 e. The van der Waals surface area contributed by atoms with E-state index in [9.17, 15) is 9.90 Å². The van der Waals surface area contributed by atoms with Crippen LogP contribution in [0.3, 0.4) is 0 Å². The van der Waals surface area contributed by atoms with Crippen LogP contribution in [0.2, 0.25) is 0 Å². The second-order valence-electron chi connectivity index (χ2n) is 5.18. The molecule has 98 valence electrons. The van der Waals surface area contributed by atoms with Gasteiger partial charge in [-0.25, -0.2) is 0 Å². The Labute approximate surface area is 102 Å². The van der Waals surface area contributed by atoms with E-state index in [1.165, 1.54) is 0 Å². The van der Waals surface area contributed by atoms with Crippen molar-refractivity contribution < 1.29 is 14.6 Å². The molecule has 2 aliphatic rings. The Kier molecular flexibility index (Phi) is 3.70. The van der Waals surface area contributed by atoms with Gasteiger partial charge >= 0.3 is 0 Å². The third kappa shape index (κ3) is 2.61. The summed E-state index contributed by atoms with van der Waals surface area (Å²) in [6, 6.07) is 0. The van der Waals surface area contributed by atoms with Gasteiger partial charge in [-0.2, -0.15) is 0 Å². The molecule has 0 saturated carbocycles. The highest BCUT2D eigenvalue weighted by Crippen LogP contribution is 2.24. The van der Waals surface area contributed by atoms with Gasteiger partial charge in [0.2, 0.25) is 5.91 Å². The fourth-order valence-electron chi connectivity index (χ4n) is 2.61. The van der Waals surface area contributed by atoms with Crippen molar-refractivity contribution in [3.63, 3.8) is 0 Å². The van der Waals surface area contributed by atoms with E-state index in [0.717, 1.165) is 25.8 Å². The topological polar surface area (TPSA) is 70.6 Å². The Morgan fingerprint density at radius 2 is 2.35 bits per heavy atom. The maximum Gasteiger partial charge on any atom is 0.240 e. The Morgan fingerprint density at radius 3 is 2.88 bits per heavy atom. The van der Waals surface area contributed by atoms with Crippen LogP contribution in [0.4, 0.5) is 0 Å². The number of aliphatic hydroxyl groups is 1. The average Bonchev–Trinajstić information content (AvgIpc) is 2.96. The molecule has 2 heterocycles. The molecule has 2 unspecified atom stereocenters. The summed E-state index contributed by atoms with van der Waals surface area (Å²) in [5.41, 5.74) is -1.29. The van der Waals surface area contributed by atoms with Gasteiger partial charge in [0.15, 0.2) is 0 Å². The molecule has 0 aromatic heterocycles. The second kappa shape index (κ2) is 4.92. The summed E-state index contributed by atoms with van der Waals surface area (Å²) >= 11 is 0. The highest BCUT2D eigenvalue weighted by Gasteiger charge is 2.40. The highest BCUT2D eigenvalue weighted by atomic mass is 16.5. The Morgan fingerprint density at radius 1 is 1.53 bits per heavy atom. The van der Waals surface area contributed by atoms with Gasteiger partial charge in [0.25, 0.3) is 0 Å². The first-order valence-corrected chi connectivity index (χ1v) is 6.44. The maximum atomic E-state index is 12.2. The molecule has 3 N–H and O–H groups in total. The predicted octanol–water partition coefficient (Wildman–Crippen LogP) is -0.214. The van der Waals surface area contributed by atoms with Crippen LogP contribution in [0.15, 0.2) is 0 Å². The number of amides is 1. The minimum absolute atomic E-state index is 0.0119. The third-order valence-electron chi connectivity index (χ3n) is 3.94. The van der Waals surface area contributed by atoms with Crippen molar-refractivity contribution in [1.82, 2.24) is 10.6 Å². The Hall–Kier alpha value is -0.650. The van der Waals surface area contributed by atoms with Crippen molar-refractivity contribution in [2.24, 2.45) is 0 Å². The molecule has 0 radical (unpaired) electrons. The Balaban J connectivity index is 1.88. The van der Waals surface area contributed by atoms with E-state index in [4.69, 9.17) is 4.74 Å². The molecule has 5 heteroatoms. The summed E-state index contributed by atoms with van der Waals surface area (Å²) in [5, 5.41) is 16.2. The van der Waals surface area contributed by atoms with Crippen LogP contribution in [0.25, 0.3) is 0 Å². The van der Waals surface area contributed by atoms with Crippen LogP contribution in [0, 0.1) is 0 Å². The molecule has 0 aromatic carbocycles. The fraction of sp³-hybridized carbons (Fsp3) is 0.917. The molecule has 2 aliphatic heterocycles. The van der Waals surface area contributed by atoms with Crippen molar-refractivity contribution in [1.29, 1.82) is 0 Å². The molecular weight excluding hydrogens is 220 g/mol.